The Hall–Kier alpha value is -2.63. The molecule has 0 atom stereocenters. The fourth-order valence-corrected chi connectivity index (χ4v) is 2.69. The van der Waals surface area contributed by atoms with Crippen molar-refractivity contribution in [2.24, 2.45) is 0 Å². The molecule has 0 bridgehead atoms. The van der Waals surface area contributed by atoms with E-state index in [1.165, 1.54) is 23.5 Å². The first-order valence-corrected chi connectivity index (χ1v) is 7.84. The summed E-state index contributed by atoms with van der Waals surface area (Å²) < 4.78 is 1.39. The van der Waals surface area contributed by atoms with Crippen molar-refractivity contribution in [2.75, 3.05) is 18.0 Å². The third-order valence-electron chi connectivity index (χ3n) is 3.94. The number of nitrogens with one attached hydrogen (secondary N) is 1. The molecule has 1 N–H and O–H groups in total. The van der Waals surface area contributed by atoms with Gasteiger partial charge in [-0.25, -0.2) is 4.98 Å². The fraction of sp³-hybridized carbons (Fsp3) is 0.353. The van der Waals surface area contributed by atoms with Crippen LogP contribution in [0.15, 0.2) is 47.5 Å². The zero-order valence-corrected chi connectivity index (χ0v) is 12.9. The number of carbonyl (C=O) groups is 1. The van der Waals surface area contributed by atoms with Gasteiger partial charge in [0.1, 0.15) is 12.4 Å². The van der Waals surface area contributed by atoms with Crippen LogP contribution < -0.4 is 15.8 Å². The summed E-state index contributed by atoms with van der Waals surface area (Å²) in [5, 5.41) is 2.85. The van der Waals surface area contributed by atoms with E-state index in [4.69, 9.17) is 0 Å². The molecule has 2 aromatic rings. The van der Waals surface area contributed by atoms with Crippen LogP contribution in [0, 0.1) is 0 Å². The Morgan fingerprint density at radius 2 is 2.04 bits per heavy atom. The summed E-state index contributed by atoms with van der Waals surface area (Å²) in [6.07, 6.45) is 5.79. The molecule has 3 rings (SSSR count). The number of carbonyl (C=O) groups excluding carboxylic acids is 1. The van der Waals surface area contributed by atoms with Crippen molar-refractivity contribution in [3.8, 4) is 0 Å². The van der Waals surface area contributed by atoms with Gasteiger partial charge in [0.05, 0.1) is 0 Å². The third-order valence-corrected chi connectivity index (χ3v) is 3.94. The van der Waals surface area contributed by atoms with Gasteiger partial charge in [0.25, 0.3) is 5.56 Å². The Balaban J connectivity index is 1.57. The van der Waals surface area contributed by atoms with Crippen molar-refractivity contribution in [1.82, 2.24) is 14.9 Å². The largest absolute Gasteiger partial charge is 0.357 e. The predicted molar refractivity (Wildman–Crippen MR) is 88.2 cm³/mol. The Bertz CT molecular complexity index is 735. The second kappa shape index (κ2) is 7.09. The molecule has 1 aliphatic heterocycles. The zero-order valence-electron chi connectivity index (χ0n) is 12.9. The number of amides is 1. The molecular weight excluding hydrogens is 292 g/mol. The van der Waals surface area contributed by atoms with Crippen molar-refractivity contribution in [2.45, 2.75) is 25.9 Å². The number of hydrogen-bond acceptors (Lipinski definition) is 4. The van der Waals surface area contributed by atoms with Gasteiger partial charge < -0.3 is 14.8 Å². The fourth-order valence-electron chi connectivity index (χ4n) is 2.69. The zero-order chi connectivity index (χ0) is 16.1. The van der Waals surface area contributed by atoms with Crippen molar-refractivity contribution in [3.63, 3.8) is 0 Å². The average molecular weight is 312 g/mol. The molecule has 0 unspecified atom stereocenters. The molecule has 1 amide bonds. The highest BCUT2D eigenvalue weighted by Gasteiger charge is 2.13. The number of rotatable bonds is 5. The maximum atomic E-state index is 12.0. The van der Waals surface area contributed by atoms with Crippen LogP contribution >= 0.6 is 0 Å². The predicted octanol–water partition coefficient (Wildman–Crippen LogP) is 1.16. The van der Waals surface area contributed by atoms with Crippen LogP contribution in [0.3, 0.4) is 0 Å². The monoisotopic (exact) mass is 312 g/mol. The molecule has 120 valence electrons. The molecule has 0 aliphatic carbocycles. The van der Waals surface area contributed by atoms with E-state index in [0.717, 1.165) is 24.5 Å². The molecule has 0 spiro atoms. The Kier molecular flexibility index (Phi) is 4.71. The van der Waals surface area contributed by atoms with E-state index >= 15 is 0 Å². The molecule has 0 aromatic carbocycles. The topological polar surface area (TPSA) is 67.2 Å². The molecule has 6 nitrogen and oxygen atoms in total. The number of aromatic nitrogens is 2. The SMILES string of the molecule is O=C(Cn1ccccc1=O)NCc1ccnc(N2CCCC2)c1. The smallest absolute Gasteiger partial charge is 0.250 e. The number of pyridine rings is 2. The van der Waals surface area contributed by atoms with Crippen LogP contribution in [0.1, 0.15) is 18.4 Å². The first kappa shape index (κ1) is 15.3. The second-order valence-electron chi connectivity index (χ2n) is 5.66. The van der Waals surface area contributed by atoms with E-state index in [0.29, 0.717) is 6.54 Å². The van der Waals surface area contributed by atoms with E-state index in [-0.39, 0.29) is 18.0 Å². The van der Waals surface area contributed by atoms with Crippen LogP contribution in [-0.4, -0.2) is 28.5 Å². The standard InChI is InChI=1S/C17H20N4O2/c22-16(13-21-10-2-1-5-17(21)23)19-12-14-6-7-18-15(11-14)20-8-3-4-9-20/h1-2,5-7,10-11H,3-4,8-9,12-13H2,(H,19,22). The van der Waals surface area contributed by atoms with Gasteiger partial charge in [0.15, 0.2) is 0 Å². The third kappa shape index (κ3) is 3.97. The normalized spacial score (nSPS) is 14.0. The van der Waals surface area contributed by atoms with Crippen LogP contribution in [0.4, 0.5) is 5.82 Å². The highest BCUT2D eigenvalue weighted by Crippen LogP contribution is 2.18. The number of anilines is 1. The van der Waals surface area contributed by atoms with Crippen molar-refractivity contribution < 1.29 is 4.79 Å². The van der Waals surface area contributed by atoms with Crippen molar-refractivity contribution in [1.29, 1.82) is 0 Å². The average Bonchev–Trinajstić information content (AvgIpc) is 3.10. The molecule has 3 heterocycles. The van der Waals surface area contributed by atoms with Crippen LogP contribution in [0.2, 0.25) is 0 Å². The number of nitrogens with zero attached hydrogens (tertiary/aromatic N) is 3. The summed E-state index contributed by atoms with van der Waals surface area (Å²) in [5.41, 5.74) is 0.832. The quantitative estimate of drug-likeness (QED) is 0.899. The lowest BCUT2D eigenvalue weighted by molar-refractivity contribution is -0.121. The highest BCUT2D eigenvalue weighted by molar-refractivity contribution is 5.75. The minimum Gasteiger partial charge on any atom is -0.357 e. The number of hydrogen-bond donors (Lipinski definition) is 1. The minimum absolute atomic E-state index is 0.0315. The van der Waals surface area contributed by atoms with Crippen LogP contribution in [-0.2, 0) is 17.9 Å². The van der Waals surface area contributed by atoms with E-state index in [2.05, 4.69) is 15.2 Å². The molecule has 0 saturated carbocycles. The van der Waals surface area contributed by atoms with Crippen LogP contribution in [0.5, 0.6) is 0 Å². The maximum absolute atomic E-state index is 12.0. The molecule has 23 heavy (non-hydrogen) atoms. The van der Waals surface area contributed by atoms with Gasteiger partial charge in [-0.2, -0.15) is 0 Å². The molecule has 1 saturated heterocycles. The van der Waals surface area contributed by atoms with Gasteiger partial charge in [-0.05, 0) is 36.6 Å². The van der Waals surface area contributed by atoms with Crippen LogP contribution in [0.25, 0.3) is 0 Å². The second-order valence-corrected chi connectivity index (χ2v) is 5.66. The lowest BCUT2D eigenvalue weighted by atomic mass is 10.2. The maximum Gasteiger partial charge on any atom is 0.250 e. The Morgan fingerprint density at radius 3 is 2.83 bits per heavy atom. The Morgan fingerprint density at radius 1 is 1.22 bits per heavy atom. The molecular formula is C17H20N4O2. The van der Waals surface area contributed by atoms with E-state index in [1.807, 2.05) is 12.1 Å². The summed E-state index contributed by atoms with van der Waals surface area (Å²) >= 11 is 0. The van der Waals surface area contributed by atoms with Crippen molar-refractivity contribution in [3.05, 3.63) is 58.6 Å². The van der Waals surface area contributed by atoms with E-state index in [1.54, 1.807) is 24.5 Å². The lowest BCUT2D eigenvalue weighted by Gasteiger charge is -2.17. The summed E-state index contributed by atoms with van der Waals surface area (Å²) in [4.78, 5) is 30.2. The summed E-state index contributed by atoms with van der Waals surface area (Å²) in [6, 6.07) is 8.75. The molecule has 6 heteroatoms. The van der Waals surface area contributed by atoms with E-state index in [9.17, 15) is 9.59 Å². The van der Waals surface area contributed by atoms with Gasteiger partial charge in [-0.3, -0.25) is 9.59 Å². The van der Waals surface area contributed by atoms with E-state index < -0.39 is 0 Å². The first-order chi connectivity index (χ1) is 11.2. The van der Waals surface area contributed by atoms with Gasteiger partial charge in [-0.1, -0.05) is 6.07 Å². The molecule has 1 fully saturated rings. The van der Waals surface area contributed by atoms with Gasteiger partial charge in [0, 0.05) is 38.1 Å². The van der Waals surface area contributed by atoms with Crippen molar-refractivity contribution >= 4 is 11.7 Å². The molecule has 1 aliphatic rings. The molecule has 2 aromatic heterocycles. The Labute approximate surface area is 134 Å². The lowest BCUT2D eigenvalue weighted by Crippen LogP contribution is -2.31. The van der Waals surface area contributed by atoms with Gasteiger partial charge in [-0.15, -0.1) is 0 Å². The minimum atomic E-state index is -0.183. The summed E-state index contributed by atoms with van der Waals surface area (Å²) in [7, 11) is 0. The first-order valence-electron chi connectivity index (χ1n) is 7.84. The molecule has 0 radical (unpaired) electrons. The highest BCUT2D eigenvalue weighted by atomic mass is 16.2. The summed E-state index contributed by atoms with van der Waals surface area (Å²) in [5.74, 6) is 0.784. The summed E-state index contributed by atoms with van der Waals surface area (Å²) in [6.45, 7) is 2.55. The van der Waals surface area contributed by atoms with Gasteiger partial charge in [0.2, 0.25) is 5.91 Å². The van der Waals surface area contributed by atoms with Gasteiger partial charge >= 0.3 is 0 Å².